The highest BCUT2D eigenvalue weighted by molar-refractivity contribution is 7.83. The second kappa shape index (κ2) is 7.38. The van der Waals surface area contributed by atoms with Crippen LogP contribution in [0.25, 0.3) is 10.9 Å². The van der Waals surface area contributed by atoms with E-state index in [0.717, 1.165) is 5.39 Å². The van der Waals surface area contributed by atoms with E-state index in [-0.39, 0.29) is 11.3 Å². The average Bonchev–Trinajstić information content (AvgIpc) is 3.05. The fourth-order valence-corrected chi connectivity index (χ4v) is 3.90. The summed E-state index contributed by atoms with van der Waals surface area (Å²) in [7, 11) is 1.87. The molecule has 5 nitrogen and oxygen atoms in total. The quantitative estimate of drug-likeness (QED) is 0.396. The number of rotatable bonds is 5. The van der Waals surface area contributed by atoms with Crippen LogP contribution in [0.3, 0.4) is 0 Å². The lowest BCUT2D eigenvalue weighted by molar-refractivity contribution is 0.103. The van der Waals surface area contributed by atoms with Crippen molar-refractivity contribution in [2.75, 3.05) is 14.1 Å². The molecule has 0 amide bonds. The van der Waals surface area contributed by atoms with Gasteiger partial charge >= 0.3 is 0 Å². The predicted octanol–water partition coefficient (Wildman–Crippen LogP) is 3.36. The Hall–Kier alpha value is -3.17. The van der Waals surface area contributed by atoms with Crippen LogP contribution in [0.1, 0.15) is 10.5 Å². The minimum atomic E-state index is -1.61. The summed E-state index contributed by atoms with van der Waals surface area (Å²) in [5, 5.41) is 10.2. The highest BCUT2D eigenvalue weighted by Crippen LogP contribution is 2.25. The number of aromatic nitrogens is 1. The van der Waals surface area contributed by atoms with E-state index in [4.69, 9.17) is 0 Å². The van der Waals surface area contributed by atoms with Crippen LogP contribution >= 0.6 is 0 Å². The Morgan fingerprint density at radius 1 is 1.12 bits per heavy atom. The standard InChI is InChI=1S/C20H17N3O2S/c1-22(2)14-16(13-21)20(24)19-12-15-8-6-7-11-18(15)23(19)26(25)17-9-4-3-5-10-17/h3-12,14H,1-2H3/b16-14+. The summed E-state index contributed by atoms with van der Waals surface area (Å²) in [5.41, 5.74) is 0.896. The summed E-state index contributed by atoms with van der Waals surface area (Å²) < 4.78 is 14.7. The third-order valence-electron chi connectivity index (χ3n) is 3.76. The highest BCUT2D eigenvalue weighted by atomic mass is 32.2. The largest absolute Gasteiger partial charge is 0.382 e. The van der Waals surface area contributed by atoms with Crippen molar-refractivity contribution in [3.63, 3.8) is 0 Å². The van der Waals surface area contributed by atoms with E-state index < -0.39 is 16.8 Å². The second-order valence-corrected chi connectivity index (χ2v) is 7.23. The maximum Gasteiger partial charge on any atom is 0.222 e. The van der Waals surface area contributed by atoms with Crippen molar-refractivity contribution in [3.05, 3.63) is 78.1 Å². The first-order chi connectivity index (χ1) is 12.5. The molecule has 1 aromatic heterocycles. The van der Waals surface area contributed by atoms with Crippen LogP contribution in [-0.2, 0) is 11.0 Å². The number of nitrogens with zero attached hydrogens (tertiary/aromatic N) is 3. The Balaban J connectivity index is 2.22. The molecule has 2 aromatic carbocycles. The van der Waals surface area contributed by atoms with Crippen molar-refractivity contribution in [2.45, 2.75) is 4.90 Å². The van der Waals surface area contributed by atoms with E-state index in [2.05, 4.69) is 0 Å². The number of carbonyl (C=O) groups is 1. The molecule has 0 radical (unpaired) electrons. The number of Topliss-reactive ketones (excluding diaryl/α,β-unsaturated/α-hetero) is 1. The summed E-state index contributed by atoms with van der Waals surface area (Å²) in [6.45, 7) is 0. The van der Waals surface area contributed by atoms with Gasteiger partial charge in [0, 0.05) is 25.7 Å². The van der Waals surface area contributed by atoms with Crippen LogP contribution in [-0.4, -0.2) is 33.0 Å². The lowest BCUT2D eigenvalue weighted by Gasteiger charge is -2.10. The van der Waals surface area contributed by atoms with Crippen LogP contribution in [0.4, 0.5) is 0 Å². The number of fused-ring (bicyclic) bond motifs is 1. The third-order valence-corrected chi connectivity index (χ3v) is 5.16. The molecule has 0 saturated carbocycles. The normalized spacial score (nSPS) is 12.6. The van der Waals surface area contributed by atoms with Crippen molar-refractivity contribution >= 4 is 27.7 Å². The first-order valence-electron chi connectivity index (χ1n) is 7.93. The van der Waals surface area contributed by atoms with Crippen molar-refractivity contribution in [2.24, 2.45) is 0 Å². The number of nitriles is 1. The number of carbonyl (C=O) groups excluding carboxylic acids is 1. The summed E-state index contributed by atoms with van der Waals surface area (Å²) in [6.07, 6.45) is 1.47. The zero-order valence-corrected chi connectivity index (χ0v) is 15.2. The highest BCUT2D eigenvalue weighted by Gasteiger charge is 2.23. The van der Waals surface area contributed by atoms with Gasteiger partial charge in [0.25, 0.3) is 0 Å². The number of allylic oxidation sites excluding steroid dienone is 1. The zero-order chi connectivity index (χ0) is 18.7. The van der Waals surface area contributed by atoms with Crippen molar-refractivity contribution < 1.29 is 9.00 Å². The fraction of sp³-hybridized carbons (Fsp3) is 0.100. The molecule has 1 heterocycles. The zero-order valence-electron chi connectivity index (χ0n) is 14.4. The van der Waals surface area contributed by atoms with Gasteiger partial charge in [0.1, 0.15) is 17.3 Å². The van der Waals surface area contributed by atoms with Crippen LogP contribution in [0.5, 0.6) is 0 Å². The van der Waals surface area contributed by atoms with E-state index in [1.807, 2.05) is 36.4 Å². The molecule has 130 valence electrons. The number of hydrogen-bond acceptors (Lipinski definition) is 4. The first-order valence-corrected chi connectivity index (χ1v) is 9.04. The number of para-hydroxylation sites is 1. The monoisotopic (exact) mass is 363 g/mol. The van der Waals surface area contributed by atoms with Gasteiger partial charge in [0.2, 0.25) is 5.78 Å². The minimum Gasteiger partial charge on any atom is -0.382 e. The number of benzene rings is 2. The van der Waals surface area contributed by atoms with Crippen molar-refractivity contribution in [3.8, 4) is 6.07 Å². The van der Waals surface area contributed by atoms with Crippen LogP contribution in [0.15, 0.2) is 77.3 Å². The van der Waals surface area contributed by atoms with Gasteiger partial charge in [-0.15, -0.1) is 0 Å². The van der Waals surface area contributed by atoms with E-state index in [1.165, 1.54) is 10.2 Å². The van der Waals surface area contributed by atoms with E-state index >= 15 is 0 Å². The van der Waals surface area contributed by atoms with Crippen LogP contribution < -0.4 is 0 Å². The lowest BCUT2D eigenvalue weighted by Crippen LogP contribution is -2.15. The second-order valence-electron chi connectivity index (χ2n) is 5.89. The Morgan fingerprint density at radius 2 is 1.77 bits per heavy atom. The Kier molecular flexibility index (Phi) is 5.01. The molecule has 3 aromatic rings. The average molecular weight is 363 g/mol. The molecule has 0 fully saturated rings. The van der Waals surface area contributed by atoms with E-state index in [0.29, 0.717) is 10.4 Å². The molecule has 6 heteroatoms. The van der Waals surface area contributed by atoms with Gasteiger partial charge in [-0.2, -0.15) is 5.26 Å². The minimum absolute atomic E-state index is 0.0101. The maximum absolute atomic E-state index is 13.2. The summed E-state index contributed by atoms with van der Waals surface area (Å²) >= 11 is 0. The summed E-state index contributed by atoms with van der Waals surface area (Å²) in [4.78, 5) is 15.2. The van der Waals surface area contributed by atoms with Gasteiger partial charge in [0.05, 0.1) is 10.4 Å². The van der Waals surface area contributed by atoms with Gasteiger partial charge in [-0.3, -0.25) is 8.77 Å². The topological polar surface area (TPSA) is 66.1 Å². The molecule has 0 N–H and O–H groups in total. The Labute approximate surface area is 154 Å². The molecule has 0 aliphatic heterocycles. The Morgan fingerprint density at radius 3 is 2.42 bits per heavy atom. The molecule has 1 unspecified atom stereocenters. The van der Waals surface area contributed by atoms with E-state index in [1.54, 1.807) is 49.3 Å². The molecular formula is C20H17N3O2S. The van der Waals surface area contributed by atoms with Gasteiger partial charge in [-0.25, -0.2) is 4.21 Å². The molecule has 26 heavy (non-hydrogen) atoms. The molecular weight excluding hydrogens is 346 g/mol. The molecule has 0 aliphatic carbocycles. The van der Waals surface area contributed by atoms with Crippen LogP contribution in [0.2, 0.25) is 0 Å². The summed E-state index contributed by atoms with van der Waals surface area (Å²) in [5.74, 6) is -0.457. The SMILES string of the molecule is CN(C)/C=C(\C#N)C(=O)c1cc2ccccc2n1S(=O)c1ccccc1. The van der Waals surface area contributed by atoms with E-state index in [9.17, 15) is 14.3 Å². The molecule has 3 rings (SSSR count). The van der Waals surface area contributed by atoms with Gasteiger partial charge in [-0.1, -0.05) is 36.4 Å². The number of ketones is 1. The smallest absolute Gasteiger partial charge is 0.222 e. The maximum atomic E-state index is 13.2. The predicted molar refractivity (Wildman–Crippen MR) is 102 cm³/mol. The van der Waals surface area contributed by atoms with Crippen LogP contribution in [0, 0.1) is 11.3 Å². The number of hydrogen-bond donors (Lipinski definition) is 0. The van der Waals surface area contributed by atoms with Crippen molar-refractivity contribution in [1.29, 1.82) is 5.26 Å². The molecule has 0 aliphatic rings. The molecule has 0 bridgehead atoms. The molecule has 1 atom stereocenters. The molecule has 0 spiro atoms. The lowest BCUT2D eigenvalue weighted by atomic mass is 10.1. The Bertz CT molecular complexity index is 1060. The summed E-state index contributed by atoms with van der Waals surface area (Å²) in [6, 6.07) is 19.9. The third kappa shape index (κ3) is 3.30. The molecule has 0 saturated heterocycles. The first kappa shape index (κ1) is 17.6. The van der Waals surface area contributed by atoms with Gasteiger partial charge < -0.3 is 4.90 Å². The van der Waals surface area contributed by atoms with Gasteiger partial charge in [-0.05, 0) is 24.3 Å². The van der Waals surface area contributed by atoms with Crippen molar-refractivity contribution in [1.82, 2.24) is 8.87 Å². The fourth-order valence-electron chi connectivity index (χ4n) is 2.64. The van der Waals surface area contributed by atoms with Gasteiger partial charge in [0.15, 0.2) is 11.0 Å².